The van der Waals surface area contributed by atoms with Crippen LogP contribution in [0.5, 0.6) is 0 Å². The summed E-state index contributed by atoms with van der Waals surface area (Å²) in [4.78, 5) is 12.7. The molecule has 24 heavy (non-hydrogen) atoms. The van der Waals surface area contributed by atoms with Gasteiger partial charge in [0.05, 0.1) is 9.79 Å². The fourth-order valence-electron chi connectivity index (χ4n) is 2.39. The number of hydrogen-bond donors (Lipinski definition) is 0. The summed E-state index contributed by atoms with van der Waals surface area (Å²) in [6.45, 7) is 3.44. The van der Waals surface area contributed by atoms with E-state index in [9.17, 15) is 21.6 Å². The molecular weight excluding hydrogens is 348 g/mol. The lowest BCUT2D eigenvalue weighted by Crippen LogP contribution is -2.13. The lowest BCUT2D eigenvalue weighted by molar-refractivity contribution is 0.103. The van der Waals surface area contributed by atoms with E-state index in [1.165, 1.54) is 24.3 Å². The van der Waals surface area contributed by atoms with Crippen molar-refractivity contribution in [1.29, 1.82) is 0 Å². The van der Waals surface area contributed by atoms with Gasteiger partial charge in [-0.25, -0.2) is 16.8 Å². The fraction of sp³-hybridized carbons (Fsp3) is 0.235. The number of carbonyl (C=O) groups excluding carboxylic acids is 1. The van der Waals surface area contributed by atoms with Crippen molar-refractivity contribution in [1.82, 2.24) is 0 Å². The minimum absolute atomic E-state index is 0.0307. The van der Waals surface area contributed by atoms with Gasteiger partial charge in [-0.3, -0.25) is 4.79 Å². The van der Waals surface area contributed by atoms with Gasteiger partial charge in [-0.1, -0.05) is 12.1 Å². The van der Waals surface area contributed by atoms with Crippen molar-refractivity contribution in [2.24, 2.45) is 0 Å². The van der Waals surface area contributed by atoms with E-state index in [1.54, 1.807) is 26.0 Å². The quantitative estimate of drug-likeness (QED) is 0.775. The topological polar surface area (TPSA) is 85.3 Å². The predicted molar refractivity (Wildman–Crippen MR) is 92.0 cm³/mol. The summed E-state index contributed by atoms with van der Waals surface area (Å²) in [7, 11) is -7.27. The van der Waals surface area contributed by atoms with Gasteiger partial charge in [-0.2, -0.15) is 0 Å². The van der Waals surface area contributed by atoms with Crippen molar-refractivity contribution in [2.45, 2.75) is 23.6 Å². The van der Waals surface area contributed by atoms with Crippen LogP contribution in [0.25, 0.3) is 0 Å². The van der Waals surface area contributed by atoms with E-state index in [0.29, 0.717) is 11.1 Å². The highest BCUT2D eigenvalue weighted by atomic mass is 32.2. The van der Waals surface area contributed by atoms with Crippen molar-refractivity contribution in [3.63, 3.8) is 0 Å². The molecule has 128 valence electrons. The third-order valence-electron chi connectivity index (χ3n) is 3.56. The summed E-state index contributed by atoms with van der Waals surface area (Å²) in [5.74, 6) is -0.629. The monoisotopic (exact) mass is 366 g/mol. The molecule has 0 saturated carbocycles. The van der Waals surface area contributed by atoms with Crippen LogP contribution in [0.15, 0.2) is 46.2 Å². The first-order chi connectivity index (χ1) is 10.9. The molecule has 0 radical (unpaired) electrons. The number of aryl methyl sites for hydroxylation is 2. The van der Waals surface area contributed by atoms with Crippen molar-refractivity contribution in [3.05, 3.63) is 58.7 Å². The maximum atomic E-state index is 12.9. The summed E-state index contributed by atoms with van der Waals surface area (Å²) in [5.41, 5.74) is 1.33. The number of sulfone groups is 2. The highest BCUT2D eigenvalue weighted by molar-refractivity contribution is 7.91. The molecule has 0 spiro atoms. The molecule has 0 N–H and O–H groups in total. The van der Waals surface area contributed by atoms with Gasteiger partial charge in [0.15, 0.2) is 25.5 Å². The van der Waals surface area contributed by atoms with E-state index >= 15 is 0 Å². The van der Waals surface area contributed by atoms with Crippen molar-refractivity contribution in [3.8, 4) is 0 Å². The van der Waals surface area contributed by atoms with E-state index in [-0.39, 0.29) is 20.9 Å². The standard InChI is InChI=1S/C17H18O5S2/c1-11-5-7-13(15(9-11)23(3,19)20)17(18)14-8-6-12(2)10-16(14)24(4,21)22/h5-10H,1-4H3. The molecule has 0 bridgehead atoms. The van der Waals surface area contributed by atoms with Crippen molar-refractivity contribution in [2.75, 3.05) is 12.5 Å². The van der Waals surface area contributed by atoms with Gasteiger partial charge < -0.3 is 0 Å². The van der Waals surface area contributed by atoms with Crippen LogP contribution in [0.1, 0.15) is 27.0 Å². The third-order valence-corrected chi connectivity index (χ3v) is 5.84. The van der Waals surface area contributed by atoms with Gasteiger partial charge in [0, 0.05) is 23.6 Å². The van der Waals surface area contributed by atoms with Gasteiger partial charge in [0.2, 0.25) is 0 Å². The molecule has 0 aromatic heterocycles. The Morgan fingerprint density at radius 1 is 0.708 bits per heavy atom. The first kappa shape index (κ1) is 18.4. The number of rotatable bonds is 4. The number of carbonyl (C=O) groups is 1. The predicted octanol–water partition coefficient (Wildman–Crippen LogP) is 2.34. The maximum Gasteiger partial charge on any atom is 0.195 e. The Labute approximate surface area is 142 Å². The van der Waals surface area contributed by atoms with Crippen LogP contribution in [-0.2, 0) is 19.7 Å². The van der Waals surface area contributed by atoms with Gasteiger partial charge in [-0.05, 0) is 49.2 Å². The Kier molecular flexibility index (Phi) is 4.70. The van der Waals surface area contributed by atoms with Gasteiger partial charge in [-0.15, -0.1) is 0 Å². The largest absolute Gasteiger partial charge is 0.289 e. The first-order valence-electron chi connectivity index (χ1n) is 7.07. The highest BCUT2D eigenvalue weighted by Gasteiger charge is 2.24. The van der Waals surface area contributed by atoms with Crippen LogP contribution >= 0.6 is 0 Å². The Balaban J connectivity index is 2.77. The van der Waals surface area contributed by atoms with Gasteiger partial charge in [0.1, 0.15) is 0 Å². The van der Waals surface area contributed by atoms with Crippen LogP contribution in [0.4, 0.5) is 0 Å². The molecular formula is C17H18O5S2. The Morgan fingerprint density at radius 3 is 1.33 bits per heavy atom. The highest BCUT2D eigenvalue weighted by Crippen LogP contribution is 2.25. The summed E-state index contributed by atoms with van der Waals surface area (Å²) in [6.07, 6.45) is 2.04. The minimum Gasteiger partial charge on any atom is -0.289 e. The lowest BCUT2D eigenvalue weighted by Gasteiger charge is -2.12. The van der Waals surface area contributed by atoms with E-state index in [2.05, 4.69) is 0 Å². The van der Waals surface area contributed by atoms with Crippen LogP contribution < -0.4 is 0 Å². The molecule has 2 rings (SSSR count). The van der Waals surface area contributed by atoms with E-state index in [4.69, 9.17) is 0 Å². The summed E-state index contributed by atoms with van der Waals surface area (Å²) in [6, 6.07) is 8.90. The maximum absolute atomic E-state index is 12.9. The second-order valence-corrected chi connectivity index (χ2v) is 9.84. The lowest BCUT2D eigenvalue weighted by atomic mass is 10.0. The van der Waals surface area contributed by atoms with Crippen LogP contribution in [0.3, 0.4) is 0 Å². The second-order valence-electron chi connectivity index (χ2n) is 5.87. The average Bonchev–Trinajstić information content (AvgIpc) is 2.44. The molecule has 0 aliphatic rings. The zero-order valence-corrected chi connectivity index (χ0v) is 15.5. The Hall–Kier alpha value is -1.99. The number of hydrogen-bond acceptors (Lipinski definition) is 5. The van der Waals surface area contributed by atoms with Crippen LogP contribution in [0.2, 0.25) is 0 Å². The van der Waals surface area contributed by atoms with Crippen LogP contribution in [0, 0.1) is 13.8 Å². The molecule has 0 aliphatic carbocycles. The normalized spacial score (nSPS) is 12.2. The molecule has 7 heteroatoms. The zero-order valence-electron chi connectivity index (χ0n) is 13.8. The fourth-order valence-corrected chi connectivity index (χ4v) is 4.31. The second kappa shape index (κ2) is 6.14. The molecule has 0 unspecified atom stereocenters. The Morgan fingerprint density at radius 2 is 1.04 bits per heavy atom. The summed E-state index contributed by atoms with van der Waals surface area (Å²) >= 11 is 0. The van der Waals surface area contributed by atoms with E-state index in [1.807, 2.05) is 0 Å². The number of ketones is 1. The van der Waals surface area contributed by atoms with E-state index < -0.39 is 25.5 Å². The molecule has 0 saturated heterocycles. The van der Waals surface area contributed by atoms with Gasteiger partial charge >= 0.3 is 0 Å². The molecule has 0 atom stereocenters. The third kappa shape index (κ3) is 3.73. The molecule has 0 heterocycles. The van der Waals surface area contributed by atoms with Crippen molar-refractivity contribution < 1.29 is 21.6 Å². The van der Waals surface area contributed by atoms with Crippen molar-refractivity contribution >= 4 is 25.5 Å². The average molecular weight is 366 g/mol. The van der Waals surface area contributed by atoms with Crippen LogP contribution in [-0.4, -0.2) is 35.1 Å². The SMILES string of the molecule is Cc1ccc(C(=O)c2ccc(C)cc2S(C)(=O)=O)c(S(C)(=O)=O)c1. The summed E-state index contributed by atoms with van der Waals surface area (Å²) in [5, 5.41) is 0. The molecule has 2 aromatic carbocycles. The molecule has 0 aliphatic heterocycles. The zero-order chi connectivity index (χ0) is 18.3. The van der Waals surface area contributed by atoms with E-state index in [0.717, 1.165) is 12.5 Å². The Bertz CT molecular complexity index is 949. The molecule has 2 aromatic rings. The molecule has 0 amide bonds. The smallest absolute Gasteiger partial charge is 0.195 e. The first-order valence-corrected chi connectivity index (χ1v) is 10.9. The number of benzene rings is 2. The minimum atomic E-state index is -3.64. The molecule has 5 nitrogen and oxygen atoms in total. The van der Waals surface area contributed by atoms with Gasteiger partial charge in [0.25, 0.3) is 0 Å². The molecule has 0 fully saturated rings. The summed E-state index contributed by atoms with van der Waals surface area (Å²) < 4.78 is 48.0.